The number of carbonyl (C=O) groups is 1. The second-order valence-electron chi connectivity index (χ2n) is 3.79. The molecule has 1 unspecified atom stereocenters. The molecule has 0 aromatic carbocycles. The molecule has 17 heavy (non-hydrogen) atoms. The van der Waals surface area contributed by atoms with E-state index >= 15 is 0 Å². The number of aromatic nitrogens is 1. The van der Waals surface area contributed by atoms with Gasteiger partial charge in [0.1, 0.15) is 10.4 Å². The number of nitrogens with zero attached hydrogens (tertiary/aromatic N) is 1. The summed E-state index contributed by atoms with van der Waals surface area (Å²) >= 11 is 5.73. The molecule has 0 radical (unpaired) electrons. The number of anilines is 1. The lowest BCUT2D eigenvalue weighted by molar-refractivity contribution is -0.115. The first-order valence-electron chi connectivity index (χ1n) is 4.83. The maximum absolute atomic E-state index is 11.6. The van der Waals surface area contributed by atoms with Gasteiger partial charge in [0, 0.05) is 6.26 Å². The summed E-state index contributed by atoms with van der Waals surface area (Å²) in [7, 11) is -3.40. The molecule has 1 rings (SSSR count). The van der Waals surface area contributed by atoms with Gasteiger partial charge in [-0.3, -0.25) is 4.79 Å². The lowest BCUT2D eigenvalue weighted by atomic mass is 10.3. The van der Waals surface area contributed by atoms with Crippen LogP contribution in [0.1, 0.15) is 12.5 Å². The van der Waals surface area contributed by atoms with E-state index in [1.165, 1.54) is 13.1 Å². The number of hydrogen-bond donors (Lipinski definition) is 1. The van der Waals surface area contributed by atoms with Crippen molar-refractivity contribution >= 4 is 33.0 Å². The second-order valence-corrected chi connectivity index (χ2v) is 6.52. The minimum atomic E-state index is -3.40. The zero-order chi connectivity index (χ0) is 13.2. The summed E-state index contributed by atoms with van der Waals surface area (Å²) in [5.74, 6) is -0.587. The van der Waals surface area contributed by atoms with Gasteiger partial charge in [-0.05, 0) is 25.5 Å². The molecule has 0 saturated heterocycles. The fourth-order valence-electron chi connectivity index (χ4n) is 1.06. The van der Waals surface area contributed by atoms with Gasteiger partial charge in [0.15, 0.2) is 9.84 Å². The number of carbonyl (C=O) groups excluding carboxylic acids is 1. The lowest BCUT2D eigenvalue weighted by Gasteiger charge is -2.10. The highest BCUT2D eigenvalue weighted by Gasteiger charge is 2.23. The van der Waals surface area contributed by atoms with Crippen molar-refractivity contribution in [3.8, 4) is 0 Å². The number of nitrogens with one attached hydrogen (secondary N) is 1. The third-order valence-corrected chi connectivity index (χ3v) is 4.19. The van der Waals surface area contributed by atoms with Crippen LogP contribution in [0.15, 0.2) is 12.3 Å². The molecule has 1 N–H and O–H groups in total. The number of aryl methyl sites for hydroxylation is 1. The Morgan fingerprint density at radius 1 is 1.53 bits per heavy atom. The predicted molar refractivity (Wildman–Crippen MR) is 66.9 cm³/mol. The van der Waals surface area contributed by atoms with Gasteiger partial charge in [0.2, 0.25) is 5.91 Å². The molecule has 1 heterocycles. The standard InChI is InChI=1S/C10H13ClN2O3S/c1-6-4-8(5-12-9(6)11)13-10(14)7(2)17(3,15)16/h4-5,7H,1-3H3,(H,13,14). The van der Waals surface area contributed by atoms with Crippen LogP contribution in [0.25, 0.3) is 0 Å². The van der Waals surface area contributed by atoms with E-state index in [1.807, 2.05) is 0 Å². The summed E-state index contributed by atoms with van der Waals surface area (Å²) in [5.41, 5.74) is 1.13. The minimum absolute atomic E-state index is 0.346. The maximum Gasteiger partial charge on any atom is 0.242 e. The van der Waals surface area contributed by atoms with Gasteiger partial charge < -0.3 is 5.32 Å². The zero-order valence-corrected chi connectivity index (χ0v) is 11.3. The molecule has 0 saturated carbocycles. The van der Waals surface area contributed by atoms with Crippen molar-refractivity contribution in [1.82, 2.24) is 4.98 Å². The maximum atomic E-state index is 11.6. The summed E-state index contributed by atoms with van der Waals surface area (Å²) in [4.78, 5) is 15.5. The molecular weight excluding hydrogens is 264 g/mol. The second kappa shape index (κ2) is 5.01. The highest BCUT2D eigenvalue weighted by atomic mass is 35.5. The average Bonchev–Trinajstić information content (AvgIpc) is 2.21. The minimum Gasteiger partial charge on any atom is -0.324 e. The lowest BCUT2D eigenvalue weighted by Crippen LogP contribution is -2.31. The Labute approximate surface area is 105 Å². The highest BCUT2D eigenvalue weighted by molar-refractivity contribution is 7.92. The summed E-state index contributed by atoms with van der Waals surface area (Å²) in [6, 6.07) is 1.63. The Morgan fingerprint density at radius 3 is 2.59 bits per heavy atom. The van der Waals surface area contributed by atoms with Crippen LogP contribution in [0.3, 0.4) is 0 Å². The van der Waals surface area contributed by atoms with Crippen LogP contribution in [-0.4, -0.2) is 30.8 Å². The summed E-state index contributed by atoms with van der Waals surface area (Å²) in [6.45, 7) is 3.08. The molecule has 0 aliphatic carbocycles. The average molecular weight is 277 g/mol. The molecule has 5 nitrogen and oxygen atoms in total. The molecule has 94 valence electrons. The zero-order valence-electron chi connectivity index (χ0n) is 9.69. The van der Waals surface area contributed by atoms with Crippen LogP contribution < -0.4 is 5.32 Å². The quantitative estimate of drug-likeness (QED) is 0.847. The van der Waals surface area contributed by atoms with Crippen LogP contribution >= 0.6 is 11.6 Å². The molecule has 1 aromatic heterocycles. The van der Waals surface area contributed by atoms with E-state index in [9.17, 15) is 13.2 Å². The fraction of sp³-hybridized carbons (Fsp3) is 0.400. The van der Waals surface area contributed by atoms with Crippen molar-refractivity contribution in [2.24, 2.45) is 0 Å². The van der Waals surface area contributed by atoms with Crippen molar-refractivity contribution < 1.29 is 13.2 Å². The van der Waals surface area contributed by atoms with E-state index in [4.69, 9.17) is 11.6 Å². The summed E-state index contributed by atoms with van der Waals surface area (Å²) < 4.78 is 22.4. The number of pyridine rings is 1. The molecule has 1 amide bonds. The van der Waals surface area contributed by atoms with E-state index in [2.05, 4.69) is 10.3 Å². The Bertz CT molecular complexity index is 542. The van der Waals surface area contributed by atoms with Crippen LogP contribution in [0, 0.1) is 6.92 Å². The number of hydrogen-bond acceptors (Lipinski definition) is 4. The van der Waals surface area contributed by atoms with Crippen LogP contribution in [-0.2, 0) is 14.6 Å². The summed E-state index contributed by atoms with van der Waals surface area (Å²) in [5, 5.41) is 1.72. The van der Waals surface area contributed by atoms with E-state index in [0.717, 1.165) is 6.26 Å². The number of halogens is 1. The third-order valence-electron chi connectivity index (χ3n) is 2.29. The Balaban J connectivity index is 2.85. The van der Waals surface area contributed by atoms with E-state index in [-0.39, 0.29) is 0 Å². The van der Waals surface area contributed by atoms with E-state index in [1.54, 1.807) is 13.0 Å². The van der Waals surface area contributed by atoms with Gasteiger partial charge in [0.25, 0.3) is 0 Å². The number of sulfone groups is 1. The van der Waals surface area contributed by atoms with Crippen molar-refractivity contribution in [3.63, 3.8) is 0 Å². The van der Waals surface area contributed by atoms with Crippen molar-refractivity contribution in [3.05, 3.63) is 23.0 Å². The Morgan fingerprint density at radius 2 is 2.12 bits per heavy atom. The summed E-state index contributed by atoms with van der Waals surface area (Å²) in [6.07, 6.45) is 2.39. The molecule has 0 bridgehead atoms. The van der Waals surface area contributed by atoms with Crippen molar-refractivity contribution in [1.29, 1.82) is 0 Å². The largest absolute Gasteiger partial charge is 0.324 e. The van der Waals surface area contributed by atoms with E-state index < -0.39 is 21.0 Å². The first-order valence-corrected chi connectivity index (χ1v) is 7.17. The third kappa shape index (κ3) is 3.67. The van der Waals surface area contributed by atoms with Gasteiger partial charge in [0.05, 0.1) is 11.9 Å². The molecule has 7 heteroatoms. The van der Waals surface area contributed by atoms with Gasteiger partial charge in [-0.15, -0.1) is 0 Å². The first kappa shape index (κ1) is 13.9. The molecule has 0 aliphatic rings. The monoisotopic (exact) mass is 276 g/mol. The molecule has 1 aromatic rings. The normalized spacial score (nSPS) is 13.2. The van der Waals surface area contributed by atoms with Gasteiger partial charge >= 0.3 is 0 Å². The molecule has 1 atom stereocenters. The number of amides is 1. The van der Waals surface area contributed by atoms with Crippen molar-refractivity contribution in [2.45, 2.75) is 19.1 Å². The van der Waals surface area contributed by atoms with Crippen molar-refractivity contribution in [2.75, 3.05) is 11.6 Å². The van der Waals surface area contributed by atoms with Crippen LogP contribution in [0.2, 0.25) is 5.15 Å². The topological polar surface area (TPSA) is 76.1 Å². The van der Waals surface area contributed by atoms with Gasteiger partial charge in [-0.25, -0.2) is 13.4 Å². The molecule has 0 aliphatic heterocycles. The Hall–Kier alpha value is -1.14. The predicted octanol–water partition coefficient (Wildman–Crippen LogP) is 1.42. The van der Waals surface area contributed by atoms with E-state index in [0.29, 0.717) is 16.4 Å². The highest BCUT2D eigenvalue weighted by Crippen LogP contribution is 2.16. The molecule has 0 fully saturated rings. The van der Waals surface area contributed by atoms with Crippen LogP contribution in [0.5, 0.6) is 0 Å². The smallest absolute Gasteiger partial charge is 0.242 e. The SMILES string of the molecule is Cc1cc(NC(=O)C(C)S(C)(=O)=O)cnc1Cl. The fourth-order valence-corrected chi connectivity index (χ4v) is 1.62. The van der Waals surface area contributed by atoms with Gasteiger partial charge in [-0.2, -0.15) is 0 Å². The van der Waals surface area contributed by atoms with Gasteiger partial charge in [-0.1, -0.05) is 11.6 Å². The van der Waals surface area contributed by atoms with Crippen LogP contribution in [0.4, 0.5) is 5.69 Å². The number of rotatable bonds is 3. The molecular formula is C10H13ClN2O3S. The Kier molecular flexibility index (Phi) is 4.11. The molecule has 0 spiro atoms. The first-order chi connectivity index (χ1) is 7.71.